The number of nitrogens with zero attached hydrogens (tertiary/aromatic N) is 2. The van der Waals surface area contributed by atoms with E-state index in [2.05, 4.69) is 17.1 Å². The Bertz CT molecular complexity index is 275. The summed E-state index contributed by atoms with van der Waals surface area (Å²) in [5, 5.41) is 0. The first-order valence-corrected chi connectivity index (χ1v) is 4.42. The third-order valence-corrected chi connectivity index (χ3v) is 1.98. The van der Waals surface area contributed by atoms with E-state index in [-0.39, 0.29) is 0 Å². The van der Waals surface area contributed by atoms with E-state index in [0.29, 0.717) is 0 Å². The highest BCUT2D eigenvalue weighted by Crippen LogP contribution is 2.00. The molecule has 0 aromatic heterocycles. The average molecular weight is 176 g/mol. The molecule has 0 aliphatic rings. The maximum Gasteiger partial charge on any atom is 0.0956 e. The summed E-state index contributed by atoms with van der Waals surface area (Å²) in [6, 6.07) is 10.3. The first-order valence-electron chi connectivity index (χ1n) is 4.42. The van der Waals surface area contributed by atoms with Crippen molar-refractivity contribution in [2.45, 2.75) is 13.5 Å². The van der Waals surface area contributed by atoms with Crippen molar-refractivity contribution in [1.82, 2.24) is 4.90 Å². The monoisotopic (exact) mass is 176 g/mol. The normalized spacial score (nSPS) is 11.5. The van der Waals surface area contributed by atoms with E-state index in [4.69, 9.17) is 0 Å². The fourth-order valence-corrected chi connectivity index (χ4v) is 0.931. The van der Waals surface area contributed by atoms with Crippen LogP contribution in [0, 0.1) is 0 Å². The van der Waals surface area contributed by atoms with Gasteiger partial charge in [-0.25, -0.2) is 0 Å². The van der Waals surface area contributed by atoms with Gasteiger partial charge in [0.15, 0.2) is 0 Å². The second-order valence-electron chi connectivity index (χ2n) is 3.24. The number of aliphatic imine (C=N–C) groups is 1. The second kappa shape index (κ2) is 4.65. The summed E-state index contributed by atoms with van der Waals surface area (Å²) in [7, 11) is 4.01. The van der Waals surface area contributed by atoms with Gasteiger partial charge in [-0.15, -0.1) is 0 Å². The average Bonchev–Trinajstić information content (AvgIpc) is 2.15. The Labute approximate surface area is 79.9 Å². The van der Waals surface area contributed by atoms with E-state index in [0.717, 1.165) is 12.4 Å². The molecule has 0 amide bonds. The van der Waals surface area contributed by atoms with Crippen LogP contribution in [0.2, 0.25) is 0 Å². The van der Waals surface area contributed by atoms with Gasteiger partial charge in [-0.2, -0.15) is 0 Å². The van der Waals surface area contributed by atoms with Gasteiger partial charge in [0.2, 0.25) is 0 Å². The molecule has 0 atom stereocenters. The van der Waals surface area contributed by atoms with Crippen LogP contribution in [0.15, 0.2) is 35.3 Å². The number of rotatable bonds is 2. The van der Waals surface area contributed by atoms with Crippen molar-refractivity contribution in [3.05, 3.63) is 35.9 Å². The summed E-state index contributed by atoms with van der Waals surface area (Å²) in [6.45, 7) is 2.79. The summed E-state index contributed by atoms with van der Waals surface area (Å²) in [5.74, 6) is 1.06. The van der Waals surface area contributed by atoms with Crippen molar-refractivity contribution in [3.8, 4) is 0 Å². The summed E-state index contributed by atoms with van der Waals surface area (Å²) in [4.78, 5) is 6.45. The third kappa shape index (κ3) is 3.28. The lowest BCUT2D eigenvalue weighted by Crippen LogP contribution is -2.18. The molecular weight excluding hydrogens is 160 g/mol. The topological polar surface area (TPSA) is 15.6 Å². The summed E-state index contributed by atoms with van der Waals surface area (Å²) < 4.78 is 0. The van der Waals surface area contributed by atoms with Gasteiger partial charge < -0.3 is 4.90 Å². The summed E-state index contributed by atoms with van der Waals surface area (Å²) in [5.41, 5.74) is 1.25. The van der Waals surface area contributed by atoms with Crippen molar-refractivity contribution in [2.75, 3.05) is 14.1 Å². The van der Waals surface area contributed by atoms with Crippen LogP contribution in [-0.4, -0.2) is 24.8 Å². The van der Waals surface area contributed by atoms with Gasteiger partial charge in [0.25, 0.3) is 0 Å². The lowest BCUT2D eigenvalue weighted by atomic mass is 10.2. The van der Waals surface area contributed by atoms with Gasteiger partial charge >= 0.3 is 0 Å². The lowest BCUT2D eigenvalue weighted by molar-refractivity contribution is 0.613. The van der Waals surface area contributed by atoms with Crippen LogP contribution in [0.4, 0.5) is 0 Å². The number of amidine groups is 1. The molecular formula is C11H16N2. The van der Waals surface area contributed by atoms with E-state index in [1.165, 1.54) is 5.56 Å². The molecule has 70 valence electrons. The molecule has 0 unspecified atom stereocenters. The lowest BCUT2D eigenvalue weighted by Gasteiger charge is -2.10. The molecule has 0 spiro atoms. The van der Waals surface area contributed by atoms with Crippen molar-refractivity contribution in [1.29, 1.82) is 0 Å². The van der Waals surface area contributed by atoms with Crippen molar-refractivity contribution < 1.29 is 0 Å². The SMILES string of the molecule is C/C(=N\Cc1ccccc1)N(C)C. The molecule has 0 saturated carbocycles. The minimum Gasteiger partial charge on any atom is -0.367 e. The Kier molecular flexibility index (Phi) is 3.50. The Hall–Kier alpha value is -1.31. The molecule has 2 nitrogen and oxygen atoms in total. The molecule has 0 saturated heterocycles. The van der Waals surface area contributed by atoms with Crippen LogP contribution in [0.5, 0.6) is 0 Å². The van der Waals surface area contributed by atoms with Gasteiger partial charge in [-0.3, -0.25) is 4.99 Å². The smallest absolute Gasteiger partial charge is 0.0956 e. The first-order chi connectivity index (χ1) is 6.20. The Morgan fingerprint density at radius 3 is 2.38 bits per heavy atom. The minimum atomic E-state index is 0.769. The molecule has 1 rings (SSSR count). The number of hydrogen-bond acceptors (Lipinski definition) is 1. The summed E-state index contributed by atoms with van der Waals surface area (Å²) in [6.07, 6.45) is 0. The van der Waals surface area contributed by atoms with Crippen LogP contribution in [-0.2, 0) is 6.54 Å². The van der Waals surface area contributed by atoms with Crippen LogP contribution in [0.1, 0.15) is 12.5 Å². The fourth-order valence-electron chi connectivity index (χ4n) is 0.931. The van der Waals surface area contributed by atoms with Crippen molar-refractivity contribution in [2.24, 2.45) is 4.99 Å². The van der Waals surface area contributed by atoms with E-state index in [1.807, 2.05) is 44.1 Å². The molecule has 2 heteroatoms. The Balaban J connectivity index is 2.57. The van der Waals surface area contributed by atoms with Crippen LogP contribution in [0.3, 0.4) is 0 Å². The van der Waals surface area contributed by atoms with Crippen LogP contribution in [0.25, 0.3) is 0 Å². The quantitative estimate of drug-likeness (QED) is 0.498. The summed E-state index contributed by atoms with van der Waals surface area (Å²) >= 11 is 0. The van der Waals surface area contributed by atoms with E-state index in [9.17, 15) is 0 Å². The molecule has 0 heterocycles. The van der Waals surface area contributed by atoms with Crippen molar-refractivity contribution in [3.63, 3.8) is 0 Å². The highest BCUT2D eigenvalue weighted by Gasteiger charge is 1.92. The fraction of sp³-hybridized carbons (Fsp3) is 0.364. The Morgan fingerprint density at radius 2 is 1.85 bits per heavy atom. The molecule has 0 radical (unpaired) electrons. The van der Waals surface area contributed by atoms with E-state index >= 15 is 0 Å². The van der Waals surface area contributed by atoms with Gasteiger partial charge in [0.05, 0.1) is 12.4 Å². The standard InChI is InChI=1S/C11H16N2/c1-10(13(2)3)12-9-11-7-5-4-6-8-11/h4-8H,9H2,1-3H3/b12-10+. The van der Waals surface area contributed by atoms with Gasteiger partial charge in [0, 0.05) is 14.1 Å². The van der Waals surface area contributed by atoms with Gasteiger partial charge in [-0.05, 0) is 12.5 Å². The van der Waals surface area contributed by atoms with E-state index in [1.54, 1.807) is 0 Å². The number of benzene rings is 1. The molecule has 0 bridgehead atoms. The molecule has 0 fully saturated rings. The zero-order valence-corrected chi connectivity index (χ0v) is 8.49. The maximum absolute atomic E-state index is 4.44. The molecule has 0 aliphatic carbocycles. The second-order valence-corrected chi connectivity index (χ2v) is 3.24. The zero-order chi connectivity index (χ0) is 9.68. The van der Waals surface area contributed by atoms with Gasteiger partial charge in [-0.1, -0.05) is 30.3 Å². The minimum absolute atomic E-state index is 0.769. The van der Waals surface area contributed by atoms with Gasteiger partial charge in [0.1, 0.15) is 0 Å². The predicted molar refractivity (Wildman–Crippen MR) is 56.9 cm³/mol. The van der Waals surface area contributed by atoms with E-state index < -0.39 is 0 Å². The first kappa shape index (κ1) is 9.78. The molecule has 13 heavy (non-hydrogen) atoms. The highest BCUT2D eigenvalue weighted by molar-refractivity contribution is 5.79. The largest absolute Gasteiger partial charge is 0.367 e. The molecule has 1 aromatic carbocycles. The third-order valence-electron chi connectivity index (χ3n) is 1.98. The Morgan fingerprint density at radius 1 is 1.23 bits per heavy atom. The molecule has 1 aromatic rings. The van der Waals surface area contributed by atoms with Crippen LogP contribution >= 0.6 is 0 Å². The zero-order valence-electron chi connectivity index (χ0n) is 8.49. The molecule has 0 N–H and O–H groups in total. The van der Waals surface area contributed by atoms with Crippen LogP contribution < -0.4 is 0 Å². The molecule has 0 aliphatic heterocycles. The van der Waals surface area contributed by atoms with Crippen molar-refractivity contribution >= 4 is 5.84 Å². The maximum atomic E-state index is 4.44. The number of hydrogen-bond donors (Lipinski definition) is 0. The predicted octanol–water partition coefficient (Wildman–Crippen LogP) is 2.17. The highest BCUT2D eigenvalue weighted by atomic mass is 15.1.